The Morgan fingerprint density at radius 3 is 2.25 bits per heavy atom. The Labute approximate surface area is 118 Å². The number of phenols is 1. The van der Waals surface area contributed by atoms with E-state index in [1.807, 2.05) is 31.2 Å². The highest BCUT2D eigenvalue weighted by atomic mass is 16.3. The second-order valence-corrected chi connectivity index (χ2v) is 4.74. The number of amides is 1. The standard InChI is InChI=1S/C17H17NO2/c1-12-3-7-15(8-4-12)18-17(20)13(2)11-14-5-9-16(19)10-6-14/h3-11,19H,1-2H3,(H,18,20)/b13-11+. The second-order valence-electron chi connectivity index (χ2n) is 4.74. The molecule has 0 bridgehead atoms. The molecular weight excluding hydrogens is 250 g/mol. The smallest absolute Gasteiger partial charge is 0.251 e. The number of phenolic OH excluding ortho intramolecular Hbond substituents is 1. The maximum absolute atomic E-state index is 12.0. The fraction of sp³-hybridized carbons (Fsp3) is 0.118. The summed E-state index contributed by atoms with van der Waals surface area (Å²) in [6, 6.07) is 14.4. The van der Waals surface area contributed by atoms with Crippen molar-refractivity contribution < 1.29 is 9.90 Å². The lowest BCUT2D eigenvalue weighted by Gasteiger charge is -2.06. The molecule has 0 saturated heterocycles. The van der Waals surface area contributed by atoms with Gasteiger partial charge in [-0.15, -0.1) is 0 Å². The molecule has 0 unspecified atom stereocenters. The summed E-state index contributed by atoms with van der Waals surface area (Å²) in [5.41, 5.74) is 3.41. The number of aryl methyl sites for hydroxylation is 1. The molecule has 0 aliphatic heterocycles. The molecule has 20 heavy (non-hydrogen) atoms. The molecule has 0 fully saturated rings. The first-order valence-electron chi connectivity index (χ1n) is 6.40. The largest absolute Gasteiger partial charge is 0.508 e. The summed E-state index contributed by atoms with van der Waals surface area (Å²) in [6.45, 7) is 3.76. The molecule has 0 aromatic heterocycles. The Morgan fingerprint density at radius 1 is 1.05 bits per heavy atom. The summed E-state index contributed by atoms with van der Waals surface area (Å²) in [5.74, 6) is 0.0749. The first-order valence-corrected chi connectivity index (χ1v) is 6.40. The van der Waals surface area contributed by atoms with Crippen molar-refractivity contribution in [3.8, 4) is 5.75 Å². The topological polar surface area (TPSA) is 49.3 Å². The van der Waals surface area contributed by atoms with Gasteiger partial charge >= 0.3 is 0 Å². The van der Waals surface area contributed by atoms with Crippen LogP contribution < -0.4 is 5.32 Å². The molecule has 0 heterocycles. The highest BCUT2D eigenvalue weighted by Gasteiger charge is 2.04. The van der Waals surface area contributed by atoms with Gasteiger partial charge in [0.25, 0.3) is 5.91 Å². The monoisotopic (exact) mass is 267 g/mol. The molecule has 2 aromatic rings. The van der Waals surface area contributed by atoms with Crippen molar-refractivity contribution in [2.75, 3.05) is 5.32 Å². The van der Waals surface area contributed by atoms with Gasteiger partial charge in [0.15, 0.2) is 0 Å². The minimum atomic E-state index is -0.137. The summed E-state index contributed by atoms with van der Waals surface area (Å²) < 4.78 is 0. The number of carbonyl (C=O) groups excluding carboxylic acids is 1. The van der Waals surface area contributed by atoms with E-state index in [1.165, 1.54) is 0 Å². The van der Waals surface area contributed by atoms with Crippen molar-refractivity contribution in [2.24, 2.45) is 0 Å². The van der Waals surface area contributed by atoms with Crippen LogP contribution in [0, 0.1) is 6.92 Å². The molecule has 102 valence electrons. The van der Waals surface area contributed by atoms with Crippen LogP contribution >= 0.6 is 0 Å². The number of hydrogen-bond donors (Lipinski definition) is 2. The average molecular weight is 267 g/mol. The van der Waals surface area contributed by atoms with Crippen LogP contribution in [0.5, 0.6) is 5.75 Å². The molecular formula is C17H17NO2. The van der Waals surface area contributed by atoms with Gasteiger partial charge in [-0.25, -0.2) is 0 Å². The van der Waals surface area contributed by atoms with Gasteiger partial charge in [-0.1, -0.05) is 29.8 Å². The molecule has 2 aromatic carbocycles. The summed E-state index contributed by atoms with van der Waals surface area (Å²) in [4.78, 5) is 12.0. The van der Waals surface area contributed by atoms with Gasteiger partial charge in [-0.05, 0) is 49.8 Å². The van der Waals surface area contributed by atoms with E-state index in [0.717, 1.165) is 16.8 Å². The normalized spacial score (nSPS) is 11.2. The third-order valence-electron chi connectivity index (χ3n) is 2.94. The number of nitrogens with one attached hydrogen (secondary N) is 1. The number of carbonyl (C=O) groups is 1. The molecule has 0 atom stereocenters. The number of benzene rings is 2. The molecule has 0 radical (unpaired) electrons. The zero-order valence-electron chi connectivity index (χ0n) is 11.6. The maximum atomic E-state index is 12.0. The van der Waals surface area contributed by atoms with Crippen LogP contribution in [0.25, 0.3) is 6.08 Å². The van der Waals surface area contributed by atoms with Crippen molar-refractivity contribution in [1.29, 1.82) is 0 Å². The lowest BCUT2D eigenvalue weighted by molar-refractivity contribution is -0.112. The highest BCUT2D eigenvalue weighted by molar-refractivity contribution is 6.06. The van der Waals surface area contributed by atoms with Gasteiger partial charge in [0.2, 0.25) is 0 Å². The van der Waals surface area contributed by atoms with E-state index in [-0.39, 0.29) is 11.7 Å². The summed E-state index contributed by atoms with van der Waals surface area (Å²) >= 11 is 0. The van der Waals surface area contributed by atoms with Crippen LogP contribution in [0.4, 0.5) is 5.69 Å². The Morgan fingerprint density at radius 2 is 1.65 bits per heavy atom. The third kappa shape index (κ3) is 3.72. The predicted octanol–water partition coefficient (Wildman–Crippen LogP) is 3.74. The second kappa shape index (κ2) is 6.06. The molecule has 0 spiro atoms. The lowest BCUT2D eigenvalue weighted by atomic mass is 10.1. The van der Waals surface area contributed by atoms with Gasteiger partial charge in [-0.3, -0.25) is 4.79 Å². The minimum absolute atomic E-state index is 0.137. The molecule has 0 aliphatic carbocycles. The molecule has 0 aliphatic rings. The highest BCUT2D eigenvalue weighted by Crippen LogP contribution is 2.14. The van der Waals surface area contributed by atoms with Crippen molar-refractivity contribution in [2.45, 2.75) is 13.8 Å². The molecule has 0 saturated carbocycles. The number of aromatic hydroxyl groups is 1. The minimum Gasteiger partial charge on any atom is -0.508 e. The van der Waals surface area contributed by atoms with E-state index < -0.39 is 0 Å². The Balaban J connectivity index is 2.08. The van der Waals surface area contributed by atoms with E-state index in [2.05, 4.69) is 5.32 Å². The van der Waals surface area contributed by atoms with E-state index in [0.29, 0.717) is 5.57 Å². The fourth-order valence-corrected chi connectivity index (χ4v) is 1.75. The molecule has 2 N–H and O–H groups in total. The quantitative estimate of drug-likeness (QED) is 0.832. The molecule has 3 heteroatoms. The Bertz CT molecular complexity index is 625. The van der Waals surface area contributed by atoms with Crippen LogP contribution in [0.1, 0.15) is 18.1 Å². The van der Waals surface area contributed by atoms with Gasteiger partial charge in [-0.2, -0.15) is 0 Å². The predicted molar refractivity (Wildman–Crippen MR) is 81.6 cm³/mol. The van der Waals surface area contributed by atoms with Crippen LogP contribution in [0.3, 0.4) is 0 Å². The fourth-order valence-electron chi connectivity index (χ4n) is 1.75. The zero-order chi connectivity index (χ0) is 14.5. The lowest BCUT2D eigenvalue weighted by Crippen LogP contribution is -2.12. The van der Waals surface area contributed by atoms with Crippen LogP contribution in [0.2, 0.25) is 0 Å². The molecule has 2 rings (SSSR count). The van der Waals surface area contributed by atoms with Crippen molar-refractivity contribution in [1.82, 2.24) is 0 Å². The Kier molecular flexibility index (Phi) is 4.20. The SMILES string of the molecule is C/C(=C\c1ccc(O)cc1)C(=O)Nc1ccc(C)cc1. The maximum Gasteiger partial charge on any atom is 0.251 e. The van der Waals surface area contributed by atoms with Crippen LogP contribution in [0.15, 0.2) is 54.1 Å². The van der Waals surface area contributed by atoms with E-state index in [4.69, 9.17) is 0 Å². The van der Waals surface area contributed by atoms with Gasteiger partial charge in [0.05, 0.1) is 0 Å². The van der Waals surface area contributed by atoms with Crippen LogP contribution in [-0.4, -0.2) is 11.0 Å². The number of hydrogen-bond acceptors (Lipinski definition) is 2. The van der Waals surface area contributed by atoms with E-state index >= 15 is 0 Å². The van der Waals surface area contributed by atoms with E-state index in [9.17, 15) is 9.90 Å². The summed E-state index contributed by atoms with van der Waals surface area (Å²) in [7, 11) is 0. The third-order valence-corrected chi connectivity index (χ3v) is 2.94. The Hall–Kier alpha value is -2.55. The first-order chi connectivity index (χ1) is 9.54. The molecule has 3 nitrogen and oxygen atoms in total. The average Bonchev–Trinajstić information content (AvgIpc) is 2.44. The summed E-state index contributed by atoms with van der Waals surface area (Å²) in [5, 5.41) is 12.1. The van der Waals surface area contributed by atoms with E-state index in [1.54, 1.807) is 37.3 Å². The van der Waals surface area contributed by atoms with Crippen molar-refractivity contribution >= 4 is 17.7 Å². The zero-order valence-corrected chi connectivity index (χ0v) is 11.6. The van der Waals surface area contributed by atoms with Crippen molar-refractivity contribution in [3.05, 3.63) is 65.2 Å². The van der Waals surface area contributed by atoms with Crippen molar-refractivity contribution in [3.63, 3.8) is 0 Å². The first kappa shape index (κ1) is 13.9. The summed E-state index contributed by atoms with van der Waals surface area (Å²) in [6.07, 6.45) is 1.78. The van der Waals surface area contributed by atoms with Gasteiger partial charge < -0.3 is 10.4 Å². The van der Waals surface area contributed by atoms with Gasteiger partial charge in [0.1, 0.15) is 5.75 Å². The van der Waals surface area contributed by atoms with Crippen LogP contribution in [-0.2, 0) is 4.79 Å². The molecule has 1 amide bonds. The number of anilines is 1. The van der Waals surface area contributed by atoms with Gasteiger partial charge in [0, 0.05) is 11.3 Å². The number of rotatable bonds is 3.